The van der Waals surface area contributed by atoms with E-state index in [2.05, 4.69) is 5.32 Å². The van der Waals surface area contributed by atoms with Crippen LogP contribution >= 0.6 is 0 Å². The molecule has 0 aliphatic heterocycles. The molecule has 0 bridgehead atoms. The van der Waals surface area contributed by atoms with Gasteiger partial charge in [0, 0.05) is 18.2 Å². The number of carboxylic acids is 1. The zero-order chi connectivity index (χ0) is 14.7. The predicted octanol–water partition coefficient (Wildman–Crippen LogP) is 1.32. The number of nitrogens with one attached hydrogen (secondary N) is 1. The number of rotatable bonds is 7. The number of nitrogens with zero attached hydrogens (tertiary/aromatic N) is 1. The van der Waals surface area contributed by atoms with Crippen LogP contribution in [-0.2, 0) is 4.79 Å². The summed E-state index contributed by atoms with van der Waals surface area (Å²) in [5.41, 5.74) is -0.650. The number of hydrogen-bond acceptors (Lipinski definition) is 5. The van der Waals surface area contributed by atoms with E-state index in [0.29, 0.717) is 0 Å². The Morgan fingerprint density at radius 3 is 2.80 bits per heavy atom. The summed E-state index contributed by atoms with van der Waals surface area (Å²) in [5.74, 6) is -2.02. The first kappa shape index (κ1) is 14.2. The van der Waals surface area contributed by atoms with E-state index in [0.717, 1.165) is 25.0 Å². The summed E-state index contributed by atoms with van der Waals surface area (Å²) >= 11 is 0. The lowest BCUT2D eigenvalue weighted by atomic mass is 10.3. The van der Waals surface area contributed by atoms with Gasteiger partial charge in [-0.1, -0.05) is 0 Å². The molecule has 1 saturated carbocycles. The second kappa shape index (κ2) is 5.83. The number of carbonyl (C=O) groups is 1. The number of carboxylic acid groups (broad SMARTS) is 1. The third-order valence-electron chi connectivity index (χ3n) is 2.84. The fraction of sp³-hybridized carbons (Fsp3) is 0.417. The maximum absolute atomic E-state index is 13.4. The molecule has 1 aromatic rings. The van der Waals surface area contributed by atoms with Gasteiger partial charge in [0.1, 0.15) is 18.4 Å². The van der Waals surface area contributed by atoms with Crippen molar-refractivity contribution in [3.63, 3.8) is 0 Å². The van der Waals surface area contributed by atoms with Crippen LogP contribution in [0.15, 0.2) is 18.2 Å². The van der Waals surface area contributed by atoms with Crippen LogP contribution in [0.3, 0.4) is 0 Å². The molecule has 1 aliphatic rings. The highest BCUT2D eigenvalue weighted by Gasteiger charge is 2.28. The van der Waals surface area contributed by atoms with E-state index >= 15 is 0 Å². The molecule has 0 heterocycles. The number of ether oxygens (including phenoxy) is 1. The molecule has 0 saturated heterocycles. The monoisotopic (exact) mass is 284 g/mol. The fourth-order valence-corrected chi connectivity index (χ4v) is 1.63. The average molecular weight is 284 g/mol. The minimum absolute atomic E-state index is 0.0527. The Kier molecular flexibility index (Phi) is 4.14. The van der Waals surface area contributed by atoms with E-state index in [1.807, 2.05) is 0 Å². The van der Waals surface area contributed by atoms with Crippen LogP contribution in [0.25, 0.3) is 0 Å². The van der Waals surface area contributed by atoms with Gasteiger partial charge in [0.25, 0.3) is 0 Å². The highest BCUT2D eigenvalue weighted by molar-refractivity contribution is 5.73. The van der Waals surface area contributed by atoms with Crippen LogP contribution < -0.4 is 10.1 Å². The molecule has 0 spiro atoms. The van der Waals surface area contributed by atoms with Crippen LogP contribution in [0.1, 0.15) is 12.8 Å². The Morgan fingerprint density at radius 2 is 2.30 bits per heavy atom. The third kappa shape index (κ3) is 3.64. The maximum atomic E-state index is 13.4. The summed E-state index contributed by atoms with van der Waals surface area (Å²) in [7, 11) is 0. The molecule has 108 valence electrons. The van der Waals surface area contributed by atoms with Crippen molar-refractivity contribution < 1.29 is 24.0 Å². The molecule has 8 heteroatoms. The Bertz CT molecular complexity index is 533. The number of nitro benzene ring substituents is 1. The molecule has 0 radical (unpaired) electrons. The standard InChI is InChI=1S/C12H13FN2O5/c13-9-5-8(3-4-11(9)15(18)19)20-6-10(12(16)17)14-7-1-2-7/h3-5,7,10,14H,1-2,6H2,(H,16,17). The first-order valence-corrected chi connectivity index (χ1v) is 6.03. The number of benzene rings is 1. The summed E-state index contributed by atoms with van der Waals surface area (Å²) in [5, 5.41) is 22.3. The molecule has 1 fully saturated rings. The van der Waals surface area contributed by atoms with Crippen molar-refractivity contribution in [2.75, 3.05) is 6.61 Å². The van der Waals surface area contributed by atoms with E-state index < -0.39 is 28.4 Å². The molecule has 1 unspecified atom stereocenters. The van der Waals surface area contributed by atoms with Crippen molar-refractivity contribution in [1.29, 1.82) is 0 Å². The highest BCUT2D eigenvalue weighted by atomic mass is 19.1. The minimum Gasteiger partial charge on any atom is -0.491 e. The molecule has 0 aromatic heterocycles. The molecule has 7 nitrogen and oxygen atoms in total. The van der Waals surface area contributed by atoms with E-state index in [9.17, 15) is 19.3 Å². The lowest BCUT2D eigenvalue weighted by Gasteiger charge is -2.15. The van der Waals surface area contributed by atoms with E-state index in [1.54, 1.807) is 0 Å². The van der Waals surface area contributed by atoms with Crippen LogP contribution in [0, 0.1) is 15.9 Å². The number of hydrogen-bond donors (Lipinski definition) is 2. The largest absolute Gasteiger partial charge is 0.491 e. The lowest BCUT2D eigenvalue weighted by Crippen LogP contribution is -2.42. The smallest absolute Gasteiger partial charge is 0.324 e. The zero-order valence-electron chi connectivity index (χ0n) is 10.4. The van der Waals surface area contributed by atoms with E-state index in [-0.39, 0.29) is 18.4 Å². The first-order valence-electron chi connectivity index (χ1n) is 6.03. The van der Waals surface area contributed by atoms with Crippen LogP contribution in [0.5, 0.6) is 5.75 Å². The Labute approximate surface area is 113 Å². The van der Waals surface area contributed by atoms with Gasteiger partial charge in [-0.2, -0.15) is 4.39 Å². The van der Waals surface area contributed by atoms with Crippen molar-refractivity contribution in [3.8, 4) is 5.75 Å². The summed E-state index contributed by atoms with van der Waals surface area (Å²) in [6.45, 7) is -0.177. The van der Waals surface area contributed by atoms with Gasteiger partial charge in [-0.3, -0.25) is 20.2 Å². The van der Waals surface area contributed by atoms with Gasteiger partial charge >= 0.3 is 11.7 Å². The van der Waals surface area contributed by atoms with Crippen LogP contribution in [-0.4, -0.2) is 34.7 Å². The molecular weight excluding hydrogens is 271 g/mol. The summed E-state index contributed by atoms with van der Waals surface area (Å²) < 4.78 is 18.5. The third-order valence-corrected chi connectivity index (χ3v) is 2.84. The molecule has 2 rings (SSSR count). The zero-order valence-corrected chi connectivity index (χ0v) is 10.4. The normalized spacial score (nSPS) is 15.7. The van der Waals surface area contributed by atoms with Crippen molar-refractivity contribution >= 4 is 11.7 Å². The van der Waals surface area contributed by atoms with Gasteiger partial charge in [-0.15, -0.1) is 0 Å². The Hall–Kier alpha value is -2.22. The van der Waals surface area contributed by atoms with Crippen molar-refractivity contribution in [1.82, 2.24) is 5.32 Å². The molecular formula is C12H13FN2O5. The van der Waals surface area contributed by atoms with Crippen LogP contribution in [0.4, 0.5) is 10.1 Å². The SMILES string of the molecule is O=C(O)C(COc1ccc([N+](=O)[O-])c(F)c1)NC1CC1. The molecule has 1 aromatic carbocycles. The number of halogens is 1. The Balaban J connectivity index is 1.96. The van der Waals surface area contributed by atoms with Gasteiger partial charge in [0.15, 0.2) is 0 Å². The van der Waals surface area contributed by atoms with Gasteiger partial charge in [0.2, 0.25) is 5.82 Å². The Morgan fingerprint density at radius 1 is 1.60 bits per heavy atom. The fourth-order valence-electron chi connectivity index (χ4n) is 1.63. The number of aliphatic carboxylic acids is 1. The summed E-state index contributed by atoms with van der Waals surface area (Å²) in [6, 6.07) is 2.38. The van der Waals surface area contributed by atoms with Gasteiger partial charge in [-0.25, -0.2) is 0 Å². The lowest BCUT2D eigenvalue weighted by molar-refractivity contribution is -0.387. The van der Waals surface area contributed by atoms with Gasteiger partial charge < -0.3 is 9.84 Å². The van der Waals surface area contributed by atoms with Crippen LogP contribution in [0.2, 0.25) is 0 Å². The highest BCUT2D eigenvalue weighted by Crippen LogP contribution is 2.23. The molecule has 1 atom stereocenters. The average Bonchev–Trinajstić information content (AvgIpc) is 3.17. The van der Waals surface area contributed by atoms with Crippen molar-refractivity contribution in [2.24, 2.45) is 0 Å². The topological polar surface area (TPSA) is 102 Å². The van der Waals surface area contributed by atoms with E-state index in [1.165, 1.54) is 6.07 Å². The summed E-state index contributed by atoms with van der Waals surface area (Å²) in [4.78, 5) is 20.6. The van der Waals surface area contributed by atoms with E-state index in [4.69, 9.17) is 9.84 Å². The van der Waals surface area contributed by atoms with Crippen molar-refractivity contribution in [2.45, 2.75) is 24.9 Å². The quantitative estimate of drug-likeness (QED) is 0.578. The summed E-state index contributed by atoms with van der Waals surface area (Å²) in [6.07, 6.45) is 1.85. The maximum Gasteiger partial charge on any atom is 0.324 e. The van der Waals surface area contributed by atoms with Gasteiger partial charge in [-0.05, 0) is 18.9 Å². The molecule has 20 heavy (non-hydrogen) atoms. The predicted molar refractivity (Wildman–Crippen MR) is 66.1 cm³/mol. The second-order valence-corrected chi connectivity index (χ2v) is 4.51. The minimum atomic E-state index is -1.06. The molecule has 1 aliphatic carbocycles. The van der Waals surface area contributed by atoms with Crippen molar-refractivity contribution in [3.05, 3.63) is 34.1 Å². The number of nitro groups is 1. The first-order chi connectivity index (χ1) is 9.47. The molecule has 2 N–H and O–H groups in total. The van der Waals surface area contributed by atoms with Gasteiger partial charge in [0.05, 0.1) is 4.92 Å². The molecule has 0 amide bonds. The second-order valence-electron chi connectivity index (χ2n) is 4.51.